The quantitative estimate of drug-likeness (QED) is 0.464. The largest absolute Gasteiger partial charge is 0.240 e. The van der Waals surface area contributed by atoms with Crippen molar-refractivity contribution in [2.75, 3.05) is 12.5 Å². The van der Waals surface area contributed by atoms with Gasteiger partial charge in [-0.25, -0.2) is 9.59 Å². The van der Waals surface area contributed by atoms with Gasteiger partial charge in [0.1, 0.15) is 5.69 Å². The summed E-state index contributed by atoms with van der Waals surface area (Å²) < 4.78 is 0. The van der Waals surface area contributed by atoms with E-state index in [2.05, 4.69) is 9.98 Å². The molecule has 4 nitrogen and oxygen atoms in total. The van der Waals surface area contributed by atoms with E-state index in [-0.39, 0.29) is 5.92 Å². The summed E-state index contributed by atoms with van der Waals surface area (Å²) in [5.41, 5.74) is 2.01. The van der Waals surface area contributed by atoms with Gasteiger partial charge in [0.2, 0.25) is 12.2 Å². The topological polar surface area (TPSA) is 58.9 Å². The molecule has 1 aromatic carbocycles. The van der Waals surface area contributed by atoms with E-state index < -0.39 is 0 Å². The lowest BCUT2D eigenvalue weighted by Gasteiger charge is -2.16. The summed E-state index contributed by atoms with van der Waals surface area (Å²) in [7, 11) is 0. The molecule has 0 fully saturated rings. The maximum Gasteiger partial charge on any atom is 0.240 e. The third kappa shape index (κ3) is 3.37. The van der Waals surface area contributed by atoms with Gasteiger partial charge in [-0.15, -0.1) is 23.5 Å². The van der Waals surface area contributed by atoms with E-state index >= 15 is 0 Å². The molecule has 0 radical (unpaired) electrons. The number of isocyanates is 2. The molecule has 0 aliphatic heterocycles. The van der Waals surface area contributed by atoms with Crippen molar-refractivity contribution in [2.24, 2.45) is 9.98 Å². The monoisotopic (exact) mass is 294 g/mol. The maximum atomic E-state index is 10.6. The van der Waals surface area contributed by atoms with Crippen molar-refractivity contribution >= 4 is 47.1 Å². The van der Waals surface area contributed by atoms with Crippen LogP contribution >= 0.6 is 23.5 Å². The van der Waals surface area contributed by atoms with Gasteiger partial charge >= 0.3 is 0 Å². The molecule has 19 heavy (non-hydrogen) atoms. The van der Waals surface area contributed by atoms with Crippen LogP contribution in [0.5, 0.6) is 0 Å². The Hall–Kier alpha value is -1.32. The lowest BCUT2D eigenvalue weighted by molar-refractivity contribution is 0.564. The summed E-state index contributed by atoms with van der Waals surface area (Å²) >= 11 is 2.90. The van der Waals surface area contributed by atoms with E-state index in [4.69, 9.17) is 0 Å². The molecule has 0 aliphatic rings. The van der Waals surface area contributed by atoms with Gasteiger partial charge in [-0.2, -0.15) is 9.98 Å². The summed E-state index contributed by atoms with van der Waals surface area (Å²) in [6, 6.07) is 1.92. The number of aliphatic imine (C=N–C) groups is 2. The van der Waals surface area contributed by atoms with E-state index in [0.29, 0.717) is 16.3 Å². The molecule has 0 aromatic heterocycles. The first-order valence-electron chi connectivity index (χ1n) is 5.55. The van der Waals surface area contributed by atoms with Crippen LogP contribution in [0.3, 0.4) is 0 Å². The summed E-state index contributed by atoms with van der Waals surface area (Å²) in [5, 5.41) is 0. The van der Waals surface area contributed by atoms with Crippen LogP contribution < -0.4 is 0 Å². The van der Waals surface area contributed by atoms with E-state index in [9.17, 15) is 9.59 Å². The predicted octanol–water partition coefficient (Wildman–Crippen LogP) is 4.19. The zero-order chi connectivity index (χ0) is 14.4. The third-order valence-electron chi connectivity index (χ3n) is 2.58. The second-order valence-corrected chi connectivity index (χ2v) is 5.62. The highest BCUT2D eigenvalue weighted by Crippen LogP contribution is 2.46. The molecule has 0 saturated heterocycles. The molecule has 100 valence electrons. The second kappa shape index (κ2) is 7.31. The smallest absolute Gasteiger partial charge is 0.211 e. The molecule has 0 saturated carbocycles. The molecule has 0 unspecified atom stereocenters. The molecule has 1 rings (SSSR count). The molecule has 0 N–H and O–H groups in total. The van der Waals surface area contributed by atoms with E-state index in [1.165, 1.54) is 23.5 Å². The van der Waals surface area contributed by atoms with Crippen molar-refractivity contribution in [1.82, 2.24) is 0 Å². The summed E-state index contributed by atoms with van der Waals surface area (Å²) in [6.07, 6.45) is 6.91. The Morgan fingerprint density at radius 1 is 1.05 bits per heavy atom. The van der Waals surface area contributed by atoms with Crippen LogP contribution in [0.4, 0.5) is 11.4 Å². The van der Waals surface area contributed by atoms with Gasteiger partial charge in [0, 0.05) is 4.90 Å². The van der Waals surface area contributed by atoms with E-state index in [1.54, 1.807) is 12.2 Å². The van der Waals surface area contributed by atoms with Crippen molar-refractivity contribution < 1.29 is 9.59 Å². The fourth-order valence-corrected chi connectivity index (χ4v) is 3.09. The van der Waals surface area contributed by atoms with Gasteiger partial charge in [0.05, 0.1) is 10.6 Å². The normalized spacial score (nSPS) is 9.95. The zero-order valence-electron chi connectivity index (χ0n) is 11.2. The van der Waals surface area contributed by atoms with E-state index in [0.717, 1.165) is 10.5 Å². The molecule has 1 aromatic rings. The van der Waals surface area contributed by atoms with Crippen LogP contribution in [-0.2, 0) is 9.59 Å². The van der Waals surface area contributed by atoms with Gasteiger partial charge < -0.3 is 0 Å². The van der Waals surface area contributed by atoms with Crippen LogP contribution in [0, 0.1) is 0 Å². The van der Waals surface area contributed by atoms with Crippen molar-refractivity contribution in [3.63, 3.8) is 0 Å². The number of nitrogens with zero attached hydrogens (tertiary/aromatic N) is 2. The number of carbonyl (C=O) groups excluding carboxylic acids is 2. The third-order valence-corrected chi connectivity index (χ3v) is 4.13. The molecular formula is C13H14N2O2S2. The number of hydrogen-bond donors (Lipinski definition) is 0. The minimum Gasteiger partial charge on any atom is -0.211 e. The van der Waals surface area contributed by atoms with Crippen LogP contribution in [0.25, 0.3) is 0 Å². The Morgan fingerprint density at radius 3 is 2.05 bits per heavy atom. The Balaban J connectivity index is 3.80. The van der Waals surface area contributed by atoms with Gasteiger partial charge in [0.15, 0.2) is 0 Å². The van der Waals surface area contributed by atoms with Crippen LogP contribution in [0.2, 0.25) is 0 Å². The second-order valence-electron chi connectivity index (χ2n) is 3.96. The Bertz CT molecular complexity index is 572. The van der Waals surface area contributed by atoms with Crippen molar-refractivity contribution in [2.45, 2.75) is 29.6 Å². The minimum atomic E-state index is 0.207. The number of rotatable bonds is 5. The van der Waals surface area contributed by atoms with Gasteiger partial charge in [0.25, 0.3) is 0 Å². The highest BCUT2D eigenvalue weighted by Gasteiger charge is 2.19. The predicted molar refractivity (Wildman–Crippen MR) is 79.7 cm³/mol. The van der Waals surface area contributed by atoms with Crippen LogP contribution in [0.1, 0.15) is 25.3 Å². The summed E-state index contributed by atoms with van der Waals surface area (Å²) in [6.45, 7) is 4.05. The molecule has 0 bridgehead atoms. The van der Waals surface area contributed by atoms with Gasteiger partial charge in [-0.05, 0) is 30.1 Å². The number of hydrogen-bond acceptors (Lipinski definition) is 6. The average Bonchev–Trinajstić information content (AvgIpc) is 2.39. The lowest BCUT2D eigenvalue weighted by Crippen LogP contribution is -1.92. The van der Waals surface area contributed by atoms with Crippen molar-refractivity contribution in [3.8, 4) is 0 Å². The Kier molecular flexibility index (Phi) is 6.06. The molecule has 0 amide bonds. The van der Waals surface area contributed by atoms with Gasteiger partial charge in [-0.1, -0.05) is 13.8 Å². The maximum absolute atomic E-state index is 10.6. The SMILES string of the molecule is CSc1cc(C(C)C)c(N=C=O)c(SC)c1N=C=O. The molecule has 0 spiro atoms. The van der Waals surface area contributed by atoms with Gasteiger partial charge in [-0.3, -0.25) is 0 Å². The van der Waals surface area contributed by atoms with Crippen molar-refractivity contribution in [1.29, 1.82) is 0 Å². The first kappa shape index (κ1) is 15.7. The molecule has 0 aliphatic carbocycles. The minimum absolute atomic E-state index is 0.207. The number of thioether (sulfide) groups is 2. The van der Waals surface area contributed by atoms with Crippen LogP contribution in [-0.4, -0.2) is 24.7 Å². The first-order chi connectivity index (χ1) is 9.10. The molecule has 0 atom stereocenters. The Labute approximate surface area is 120 Å². The van der Waals surface area contributed by atoms with E-state index in [1.807, 2.05) is 32.4 Å². The fraction of sp³-hybridized carbons (Fsp3) is 0.385. The average molecular weight is 294 g/mol. The molecule has 0 heterocycles. The van der Waals surface area contributed by atoms with Crippen LogP contribution in [0.15, 0.2) is 25.8 Å². The standard InChI is InChI=1S/C13H14N2O2S2/c1-8(2)9-5-10(18-3)12(15-7-17)13(19-4)11(9)14-6-16/h5,8H,1-4H3. The Morgan fingerprint density at radius 2 is 1.63 bits per heavy atom. The molecule has 6 heteroatoms. The highest BCUT2D eigenvalue weighted by atomic mass is 32.2. The van der Waals surface area contributed by atoms with Crippen molar-refractivity contribution in [3.05, 3.63) is 11.6 Å². The fourth-order valence-electron chi connectivity index (χ4n) is 1.73. The first-order valence-corrected chi connectivity index (χ1v) is 8.00. The summed E-state index contributed by atoms with van der Waals surface area (Å²) in [4.78, 5) is 30.3. The highest BCUT2D eigenvalue weighted by molar-refractivity contribution is 7.99. The summed E-state index contributed by atoms with van der Waals surface area (Å²) in [5.74, 6) is 0.207. The zero-order valence-corrected chi connectivity index (χ0v) is 12.8. The molecular weight excluding hydrogens is 280 g/mol. The number of benzene rings is 1. The lowest BCUT2D eigenvalue weighted by atomic mass is 10.0.